The van der Waals surface area contributed by atoms with Crippen molar-refractivity contribution in [2.75, 3.05) is 31.5 Å². The Morgan fingerprint density at radius 2 is 2.30 bits per heavy atom. The molecule has 0 radical (unpaired) electrons. The Kier molecular flexibility index (Phi) is 4.54. The molecule has 0 aliphatic carbocycles. The van der Waals surface area contributed by atoms with Crippen LogP contribution in [-0.2, 0) is 0 Å². The lowest BCUT2D eigenvalue weighted by molar-refractivity contribution is -0.143. The highest BCUT2D eigenvalue weighted by Crippen LogP contribution is 2.23. The van der Waals surface area contributed by atoms with Gasteiger partial charge in [-0.05, 0) is 18.9 Å². The zero-order chi connectivity index (χ0) is 14.8. The predicted molar refractivity (Wildman–Crippen MR) is 69.0 cm³/mol. The van der Waals surface area contributed by atoms with Crippen molar-refractivity contribution in [1.29, 1.82) is 0 Å². The molecule has 0 aromatic carbocycles. The first-order valence-electron chi connectivity index (χ1n) is 6.11. The van der Waals surface area contributed by atoms with Crippen LogP contribution in [0.15, 0.2) is 11.1 Å². The van der Waals surface area contributed by atoms with Crippen molar-refractivity contribution in [1.82, 2.24) is 14.9 Å². The molecule has 1 aromatic rings. The summed E-state index contributed by atoms with van der Waals surface area (Å²) in [5, 5.41) is 2.86. The van der Waals surface area contributed by atoms with Crippen LogP contribution in [0.25, 0.3) is 0 Å². The number of rotatable bonds is 4. The lowest BCUT2D eigenvalue weighted by Gasteiger charge is -2.18. The molecule has 1 unspecified atom stereocenters. The van der Waals surface area contributed by atoms with E-state index in [9.17, 15) is 18.0 Å². The molecule has 2 heterocycles. The van der Waals surface area contributed by atoms with Gasteiger partial charge in [-0.25, -0.2) is 4.98 Å². The quantitative estimate of drug-likeness (QED) is 0.889. The van der Waals surface area contributed by atoms with Crippen LogP contribution in [0.2, 0.25) is 5.02 Å². The Bertz CT molecular complexity index is 519. The van der Waals surface area contributed by atoms with Crippen molar-refractivity contribution in [2.45, 2.75) is 12.6 Å². The van der Waals surface area contributed by atoms with Crippen molar-refractivity contribution in [3.8, 4) is 0 Å². The molecule has 0 spiro atoms. The first-order valence-corrected chi connectivity index (χ1v) is 6.49. The minimum Gasteiger partial charge on any atom is -0.368 e. The van der Waals surface area contributed by atoms with Crippen molar-refractivity contribution in [2.24, 2.45) is 5.92 Å². The first kappa shape index (κ1) is 15.1. The zero-order valence-corrected chi connectivity index (χ0v) is 11.3. The van der Waals surface area contributed by atoms with E-state index in [-0.39, 0.29) is 16.8 Å². The standard InChI is InChI=1S/C11H14ClF3N4O/c12-8-9(17-6-18-10(8)20)16-3-7-1-2-19(4-7)5-11(13,14)15/h6-7H,1-5H2,(H2,16,17,18,20). The summed E-state index contributed by atoms with van der Waals surface area (Å²) in [6.45, 7) is 0.341. The van der Waals surface area contributed by atoms with Crippen molar-refractivity contribution >= 4 is 17.4 Å². The number of anilines is 1. The minimum absolute atomic E-state index is 0.0438. The molecule has 1 aliphatic heterocycles. The maximum absolute atomic E-state index is 12.3. The van der Waals surface area contributed by atoms with Gasteiger partial charge in [-0.15, -0.1) is 0 Å². The molecule has 0 bridgehead atoms. The number of H-pyrrole nitrogens is 1. The molecule has 20 heavy (non-hydrogen) atoms. The van der Waals surface area contributed by atoms with Crippen molar-refractivity contribution < 1.29 is 13.2 Å². The maximum atomic E-state index is 12.3. The van der Waals surface area contributed by atoms with Crippen LogP contribution >= 0.6 is 11.6 Å². The SMILES string of the molecule is O=c1[nH]cnc(NCC2CCN(CC(F)(F)F)C2)c1Cl. The molecule has 112 valence electrons. The monoisotopic (exact) mass is 310 g/mol. The number of halogens is 4. The van der Waals surface area contributed by atoms with Crippen LogP contribution in [0.4, 0.5) is 19.0 Å². The highest BCUT2D eigenvalue weighted by molar-refractivity contribution is 6.32. The number of hydrogen-bond donors (Lipinski definition) is 2. The van der Waals surface area contributed by atoms with Gasteiger partial charge in [0.15, 0.2) is 5.82 Å². The third kappa shape index (κ3) is 4.11. The molecule has 1 aromatic heterocycles. The smallest absolute Gasteiger partial charge is 0.368 e. The summed E-state index contributed by atoms with van der Waals surface area (Å²) in [4.78, 5) is 18.8. The lowest BCUT2D eigenvalue weighted by atomic mass is 10.1. The van der Waals surface area contributed by atoms with Crippen molar-refractivity contribution in [3.63, 3.8) is 0 Å². The number of alkyl halides is 3. The Balaban J connectivity index is 1.84. The van der Waals surface area contributed by atoms with Crippen LogP contribution in [-0.4, -0.2) is 47.2 Å². The number of aromatic amines is 1. The number of hydrogen-bond acceptors (Lipinski definition) is 4. The van der Waals surface area contributed by atoms with E-state index in [0.29, 0.717) is 26.1 Å². The van der Waals surface area contributed by atoms with E-state index >= 15 is 0 Å². The largest absolute Gasteiger partial charge is 0.401 e. The number of nitrogens with one attached hydrogen (secondary N) is 2. The summed E-state index contributed by atoms with van der Waals surface area (Å²) in [6.07, 6.45) is -2.27. The van der Waals surface area contributed by atoms with E-state index in [0.717, 1.165) is 0 Å². The molecular weight excluding hydrogens is 297 g/mol. The fraction of sp³-hybridized carbons (Fsp3) is 0.636. The van der Waals surface area contributed by atoms with Gasteiger partial charge in [0.2, 0.25) is 0 Å². The third-order valence-electron chi connectivity index (χ3n) is 3.13. The molecule has 0 amide bonds. The fourth-order valence-electron chi connectivity index (χ4n) is 2.22. The summed E-state index contributed by atoms with van der Waals surface area (Å²) in [5.74, 6) is 0.333. The summed E-state index contributed by atoms with van der Waals surface area (Å²) in [6, 6.07) is 0. The van der Waals surface area contributed by atoms with E-state index in [1.54, 1.807) is 0 Å². The average Bonchev–Trinajstić information content (AvgIpc) is 2.76. The Hall–Kier alpha value is -1.28. The van der Waals surface area contributed by atoms with E-state index in [2.05, 4.69) is 15.3 Å². The minimum atomic E-state index is -4.17. The van der Waals surface area contributed by atoms with Gasteiger partial charge in [-0.2, -0.15) is 13.2 Å². The normalized spacial score (nSPS) is 20.3. The second-order valence-corrected chi connectivity index (χ2v) is 5.16. The molecule has 5 nitrogen and oxygen atoms in total. The maximum Gasteiger partial charge on any atom is 0.401 e. The van der Waals surface area contributed by atoms with Crippen molar-refractivity contribution in [3.05, 3.63) is 21.7 Å². The van der Waals surface area contributed by atoms with E-state index in [1.807, 2.05) is 0 Å². The lowest BCUT2D eigenvalue weighted by Crippen LogP contribution is -2.33. The fourth-order valence-corrected chi connectivity index (χ4v) is 2.39. The van der Waals surface area contributed by atoms with Gasteiger partial charge in [0.05, 0.1) is 12.9 Å². The zero-order valence-electron chi connectivity index (χ0n) is 10.5. The third-order valence-corrected chi connectivity index (χ3v) is 3.48. The molecular formula is C11H14ClF3N4O. The van der Waals surface area contributed by atoms with Gasteiger partial charge < -0.3 is 10.3 Å². The van der Waals surface area contributed by atoms with Gasteiger partial charge in [-0.3, -0.25) is 9.69 Å². The highest BCUT2D eigenvalue weighted by atomic mass is 35.5. The Labute approximate surface area is 118 Å². The van der Waals surface area contributed by atoms with Crippen LogP contribution < -0.4 is 10.9 Å². The second-order valence-electron chi connectivity index (χ2n) is 4.78. The van der Waals surface area contributed by atoms with E-state index < -0.39 is 18.3 Å². The molecule has 1 fully saturated rings. The van der Waals surface area contributed by atoms with Crippen LogP contribution in [0.3, 0.4) is 0 Å². The Morgan fingerprint density at radius 3 is 3.00 bits per heavy atom. The molecule has 9 heteroatoms. The summed E-state index contributed by atoms with van der Waals surface area (Å²) < 4.78 is 36.8. The van der Waals surface area contributed by atoms with Gasteiger partial charge >= 0.3 is 6.18 Å². The number of likely N-dealkylation sites (tertiary alicyclic amines) is 1. The topological polar surface area (TPSA) is 61.0 Å². The van der Waals surface area contributed by atoms with E-state index in [4.69, 9.17) is 11.6 Å². The van der Waals surface area contributed by atoms with Gasteiger partial charge in [0, 0.05) is 13.1 Å². The first-order chi connectivity index (χ1) is 9.35. The Morgan fingerprint density at radius 1 is 1.55 bits per heavy atom. The second kappa shape index (κ2) is 6.01. The van der Waals surface area contributed by atoms with Crippen LogP contribution in [0, 0.1) is 5.92 Å². The van der Waals surface area contributed by atoms with E-state index in [1.165, 1.54) is 11.2 Å². The van der Waals surface area contributed by atoms with Gasteiger partial charge in [0.1, 0.15) is 5.02 Å². The molecule has 2 rings (SSSR count). The summed E-state index contributed by atoms with van der Waals surface area (Å²) in [7, 11) is 0. The number of aromatic nitrogens is 2. The predicted octanol–water partition coefficient (Wildman–Crippen LogP) is 1.72. The average molecular weight is 311 g/mol. The highest BCUT2D eigenvalue weighted by Gasteiger charge is 2.34. The van der Waals surface area contributed by atoms with Gasteiger partial charge in [0.25, 0.3) is 5.56 Å². The van der Waals surface area contributed by atoms with Gasteiger partial charge in [-0.1, -0.05) is 11.6 Å². The summed E-state index contributed by atoms with van der Waals surface area (Å²) >= 11 is 5.77. The molecule has 1 saturated heterocycles. The van der Waals surface area contributed by atoms with Crippen LogP contribution in [0.1, 0.15) is 6.42 Å². The molecule has 1 atom stereocenters. The molecule has 0 saturated carbocycles. The number of nitrogens with zero attached hydrogens (tertiary/aromatic N) is 2. The molecule has 1 aliphatic rings. The molecule has 2 N–H and O–H groups in total. The van der Waals surface area contributed by atoms with Crippen LogP contribution in [0.5, 0.6) is 0 Å². The summed E-state index contributed by atoms with van der Waals surface area (Å²) in [5.41, 5.74) is -0.450.